The van der Waals surface area contributed by atoms with Crippen LogP contribution in [-0.4, -0.2) is 30.1 Å². The normalized spacial score (nSPS) is 11.4. The molecule has 0 saturated heterocycles. The molecule has 166 valence electrons. The molecular weight excluding hydrogens is 414 g/mol. The van der Waals surface area contributed by atoms with Crippen molar-refractivity contribution in [2.75, 3.05) is 5.73 Å². The third-order valence-electron chi connectivity index (χ3n) is 6.09. The molecule has 3 N–H and O–H groups in total. The molecule has 0 aliphatic rings. The van der Waals surface area contributed by atoms with Crippen molar-refractivity contribution in [2.24, 2.45) is 0 Å². The first kappa shape index (κ1) is 20.7. The van der Waals surface area contributed by atoms with E-state index in [-0.39, 0.29) is 5.91 Å². The van der Waals surface area contributed by atoms with E-state index in [1.807, 2.05) is 61.8 Å². The summed E-state index contributed by atoms with van der Waals surface area (Å²) in [6.45, 7) is 7.02. The largest absolute Gasteiger partial charge is 0.383 e. The topological polar surface area (TPSA) is 103 Å². The number of nitrogens with two attached hydrogens (primary N) is 1. The van der Waals surface area contributed by atoms with Crippen LogP contribution in [0, 0.1) is 20.8 Å². The molecule has 0 bridgehead atoms. The highest BCUT2D eigenvalue weighted by atomic mass is 16.1. The van der Waals surface area contributed by atoms with E-state index in [9.17, 15) is 4.79 Å². The monoisotopic (exact) mass is 439 g/mol. The number of fused-ring (bicyclic) bond motifs is 2. The molecule has 0 unspecified atom stereocenters. The Kier molecular flexibility index (Phi) is 5.05. The maximum atomic E-state index is 12.8. The predicted octanol–water partition coefficient (Wildman–Crippen LogP) is 3.56. The molecule has 0 atom stereocenters. The fourth-order valence-corrected chi connectivity index (χ4v) is 4.29. The van der Waals surface area contributed by atoms with E-state index in [1.165, 1.54) is 0 Å². The summed E-state index contributed by atoms with van der Waals surface area (Å²) in [6, 6.07) is 8.01. The van der Waals surface area contributed by atoms with Crippen LogP contribution in [0.5, 0.6) is 0 Å². The summed E-state index contributed by atoms with van der Waals surface area (Å²) in [5.74, 6) is 0.350. The van der Waals surface area contributed by atoms with Gasteiger partial charge in [-0.3, -0.25) is 9.48 Å². The third-order valence-corrected chi connectivity index (χ3v) is 6.09. The maximum Gasteiger partial charge on any atom is 0.254 e. The van der Waals surface area contributed by atoms with Gasteiger partial charge in [-0.05, 0) is 66.6 Å². The molecule has 0 saturated carbocycles. The second-order valence-corrected chi connectivity index (χ2v) is 8.35. The summed E-state index contributed by atoms with van der Waals surface area (Å²) >= 11 is 0. The van der Waals surface area contributed by atoms with Gasteiger partial charge >= 0.3 is 0 Å². The van der Waals surface area contributed by atoms with Crippen LogP contribution in [0.1, 0.15) is 38.3 Å². The van der Waals surface area contributed by atoms with E-state index < -0.39 is 0 Å². The zero-order chi connectivity index (χ0) is 23.1. The number of hydrogen-bond donors (Lipinski definition) is 2. The second kappa shape index (κ2) is 8.05. The van der Waals surface area contributed by atoms with Gasteiger partial charge in [0.25, 0.3) is 5.91 Å². The number of carbonyl (C=O) groups is 1. The summed E-state index contributed by atoms with van der Waals surface area (Å²) in [5, 5.41) is 9.36. The molecule has 1 aromatic carbocycles. The minimum atomic E-state index is -0.166. The second-order valence-electron chi connectivity index (χ2n) is 8.35. The van der Waals surface area contributed by atoms with Gasteiger partial charge in [-0.15, -0.1) is 0 Å². The number of benzene rings is 1. The SMILES string of the molecule is Cc1cc2c(N)nccc2c(C)c1CNC(=O)c1cnn(Cc2cn3cccc(C)c3n2)c1. The Labute approximate surface area is 191 Å². The number of rotatable bonds is 5. The van der Waals surface area contributed by atoms with Gasteiger partial charge < -0.3 is 15.5 Å². The molecule has 1 amide bonds. The van der Waals surface area contributed by atoms with Gasteiger partial charge in [-0.25, -0.2) is 9.97 Å². The zero-order valence-corrected chi connectivity index (χ0v) is 18.8. The number of pyridine rings is 2. The average Bonchev–Trinajstić information content (AvgIpc) is 3.42. The van der Waals surface area contributed by atoms with Crippen LogP contribution in [-0.2, 0) is 13.1 Å². The Balaban J connectivity index is 1.31. The van der Waals surface area contributed by atoms with Crippen molar-refractivity contribution in [2.45, 2.75) is 33.9 Å². The number of nitrogens with one attached hydrogen (secondary N) is 1. The van der Waals surface area contributed by atoms with Crippen molar-refractivity contribution < 1.29 is 4.79 Å². The third kappa shape index (κ3) is 3.80. The highest BCUT2D eigenvalue weighted by Gasteiger charge is 2.14. The minimum absolute atomic E-state index is 0.166. The molecule has 0 aliphatic carbocycles. The lowest BCUT2D eigenvalue weighted by molar-refractivity contribution is 0.0950. The number of carbonyl (C=O) groups excluding carboxylic acids is 1. The fraction of sp³-hybridized carbons (Fsp3) is 0.200. The Bertz CT molecular complexity index is 1510. The lowest BCUT2D eigenvalue weighted by Crippen LogP contribution is -2.23. The summed E-state index contributed by atoms with van der Waals surface area (Å²) in [7, 11) is 0. The van der Waals surface area contributed by atoms with Crippen molar-refractivity contribution >= 4 is 28.1 Å². The summed E-state index contributed by atoms with van der Waals surface area (Å²) in [4.78, 5) is 21.6. The van der Waals surface area contributed by atoms with Gasteiger partial charge in [0.2, 0.25) is 0 Å². The Morgan fingerprint density at radius 3 is 2.79 bits per heavy atom. The zero-order valence-electron chi connectivity index (χ0n) is 18.8. The molecule has 33 heavy (non-hydrogen) atoms. The number of anilines is 1. The fourth-order valence-electron chi connectivity index (χ4n) is 4.29. The Hall–Kier alpha value is -4.20. The molecule has 0 fully saturated rings. The number of aromatic nitrogens is 5. The molecule has 0 aliphatic heterocycles. The van der Waals surface area contributed by atoms with Crippen LogP contribution in [0.2, 0.25) is 0 Å². The van der Waals surface area contributed by atoms with Crippen LogP contribution >= 0.6 is 0 Å². The average molecular weight is 440 g/mol. The number of hydrogen-bond acceptors (Lipinski definition) is 5. The summed E-state index contributed by atoms with van der Waals surface area (Å²) < 4.78 is 3.73. The van der Waals surface area contributed by atoms with Crippen molar-refractivity contribution in [1.82, 2.24) is 29.5 Å². The number of nitrogens with zero attached hydrogens (tertiary/aromatic N) is 5. The molecule has 0 radical (unpaired) electrons. The first-order chi connectivity index (χ1) is 15.9. The van der Waals surface area contributed by atoms with Crippen LogP contribution in [0.25, 0.3) is 16.4 Å². The van der Waals surface area contributed by atoms with Crippen molar-refractivity contribution in [3.05, 3.63) is 88.8 Å². The van der Waals surface area contributed by atoms with Gasteiger partial charge in [-0.1, -0.05) is 6.07 Å². The minimum Gasteiger partial charge on any atom is -0.383 e. The van der Waals surface area contributed by atoms with Gasteiger partial charge in [0, 0.05) is 36.7 Å². The maximum absolute atomic E-state index is 12.8. The van der Waals surface area contributed by atoms with Crippen LogP contribution < -0.4 is 11.1 Å². The van der Waals surface area contributed by atoms with Crippen LogP contribution in [0.4, 0.5) is 5.82 Å². The van der Waals surface area contributed by atoms with Gasteiger partial charge in [0.05, 0.1) is 24.0 Å². The van der Waals surface area contributed by atoms with E-state index in [4.69, 9.17) is 5.73 Å². The molecular formula is C25H25N7O. The Morgan fingerprint density at radius 1 is 1.12 bits per heavy atom. The lowest BCUT2D eigenvalue weighted by atomic mass is 9.96. The number of aryl methyl sites for hydroxylation is 3. The standard InChI is InChI=1S/C25H25N7O/c1-15-5-4-8-31-13-19(30-24(15)31)14-32-12-18(10-29-32)25(33)28-11-22-16(2)9-21-20(17(22)3)6-7-27-23(21)26/h4-10,12-13H,11,14H2,1-3H3,(H2,26,27)(H,28,33). The summed E-state index contributed by atoms with van der Waals surface area (Å²) in [6.07, 6.45) is 9.00. The Morgan fingerprint density at radius 2 is 1.97 bits per heavy atom. The smallest absolute Gasteiger partial charge is 0.254 e. The van der Waals surface area contributed by atoms with Gasteiger partial charge in [0.1, 0.15) is 11.5 Å². The van der Waals surface area contributed by atoms with Crippen molar-refractivity contribution in [3.8, 4) is 0 Å². The number of nitrogen functional groups attached to an aromatic ring is 1. The number of imidazole rings is 1. The van der Waals surface area contributed by atoms with E-state index in [0.29, 0.717) is 24.5 Å². The molecule has 4 heterocycles. The quantitative estimate of drug-likeness (QED) is 0.436. The van der Waals surface area contributed by atoms with Crippen LogP contribution in [0.15, 0.2) is 55.2 Å². The summed E-state index contributed by atoms with van der Waals surface area (Å²) in [5.41, 5.74) is 12.7. The molecule has 5 rings (SSSR count). The van der Waals surface area contributed by atoms with Crippen molar-refractivity contribution in [3.63, 3.8) is 0 Å². The van der Waals surface area contributed by atoms with Crippen LogP contribution in [0.3, 0.4) is 0 Å². The van der Waals surface area contributed by atoms with Gasteiger partial charge in [0.15, 0.2) is 0 Å². The lowest BCUT2D eigenvalue weighted by Gasteiger charge is -2.14. The highest BCUT2D eigenvalue weighted by molar-refractivity contribution is 5.95. The first-order valence-corrected chi connectivity index (χ1v) is 10.8. The molecule has 8 nitrogen and oxygen atoms in total. The van der Waals surface area contributed by atoms with E-state index >= 15 is 0 Å². The van der Waals surface area contributed by atoms with E-state index in [2.05, 4.69) is 20.4 Å². The molecule has 8 heteroatoms. The molecule has 0 spiro atoms. The van der Waals surface area contributed by atoms with E-state index in [0.717, 1.165) is 44.4 Å². The predicted molar refractivity (Wildman–Crippen MR) is 128 cm³/mol. The van der Waals surface area contributed by atoms with Crippen molar-refractivity contribution in [1.29, 1.82) is 0 Å². The first-order valence-electron chi connectivity index (χ1n) is 10.8. The van der Waals surface area contributed by atoms with Gasteiger partial charge in [-0.2, -0.15) is 5.10 Å². The number of amides is 1. The molecule has 4 aromatic heterocycles. The van der Waals surface area contributed by atoms with E-state index in [1.54, 1.807) is 23.3 Å². The highest BCUT2D eigenvalue weighted by Crippen LogP contribution is 2.27. The molecule has 5 aromatic rings.